The lowest BCUT2D eigenvalue weighted by Gasteiger charge is -2.25. The van der Waals surface area contributed by atoms with Gasteiger partial charge in [0.1, 0.15) is 0 Å². The predicted molar refractivity (Wildman–Crippen MR) is 74.8 cm³/mol. The molecular weight excluding hydrogens is 267 g/mol. The van der Waals surface area contributed by atoms with Gasteiger partial charge >= 0.3 is 6.18 Å². The van der Waals surface area contributed by atoms with Crippen LogP contribution in [0.4, 0.5) is 13.2 Å². The van der Waals surface area contributed by atoms with Crippen LogP contribution in [0.15, 0.2) is 0 Å². The van der Waals surface area contributed by atoms with Gasteiger partial charge in [-0.25, -0.2) is 0 Å². The Kier molecular flexibility index (Phi) is 8.53. The highest BCUT2D eigenvalue weighted by Crippen LogP contribution is 2.24. The third kappa shape index (κ3) is 8.80. The normalized spacial score (nSPS) is 21.9. The lowest BCUT2D eigenvalue weighted by molar-refractivity contribution is -0.135. The predicted octanol–water partition coefficient (Wildman–Crippen LogP) is 4.44. The van der Waals surface area contributed by atoms with Gasteiger partial charge in [0, 0.05) is 19.1 Å². The molecule has 1 fully saturated rings. The van der Waals surface area contributed by atoms with Gasteiger partial charge in [0.15, 0.2) is 0 Å². The van der Waals surface area contributed by atoms with Crippen molar-refractivity contribution < 1.29 is 17.9 Å². The molecular formula is C15H28F3NO. The first-order valence-corrected chi connectivity index (χ1v) is 7.93. The topological polar surface area (TPSA) is 21.3 Å². The zero-order valence-electron chi connectivity index (χ0n) is 12.5. The van der Waals surface area contributed by atoms with Crippen molar-refractivity contribution in [2.75, 3.05) is 13.2 Å². The molecule has 0 aliphatic carbocycles. The lowest BCUT2D eigenvalue weighted by atomic mass is 9.98. The van der Waals surface area contributed by atoms with Crippen LogP contribution in [0.1, 0.15) is 64.7 Å². The zero-order chi connectivity index (χ0) is 14.8. The summed E-state index contributed by atoms with van der Waals surface area (Å²) < 4.78 is 42.3. The lowest BCUT2D eigenvalue weighted by Crippen LogP contribution is -2.32. The average Bonchev–Trinajstić information content (AvgIpc) is 2.41. The first-order chi connectivity index (χ1) is 9.51. The second-order valence-electron chi connectivity index (χ2n) is 5.72. The summed E-state index contributed by atoms with van der Waals surface area (Å²) in [5, 5.41) is 3.37. The van der Waals surface area contributed by atoms with Crippen LogP contribution in [0.5, 0.6) is 0 Å². The van der Waals surface area contributed by atoms with Crippen LogP contribution in [0.25, 0.3) is 0 Å². The molecule has 1 aliphatic heterocycles. The highest BCUT2D eigenvalue weighted by molar-refractivity contribution is 4.72. The summed E-state index contributed by atoms with van der Waals surface area (Å²) in [5.41, 5.74) is 0. The number of nitrogens with one attached hydrogen (secondary N) is 1. The van der Waals surface area contributed by atoms with Gasteiger partial charge in [-0.1, -0.05) is 6.92 Å². The summed E-state index contributed by atoms with van der Waals surface area (Å²) in [7, 11) is 0. The highest BCUT2D eigenvalue weighted by Gasteiger charge is 2.26. The molecule has 0 radical (unpaired) electrons. The fraction of sp³-hybridized carbons (Fsp3) is 1.00. The smallest absolute Gasteiger partial charge is 0.378 e. The van der Waals surface area contributed by atoms with E-state index < -0.39 is 12.6 Å². The Labute approximate surface area is 120 Å². The molecule has 1 saturated heterocycles. The minimum absolute atomic E-state index is 0.197. The van der Waals surface area contributed by atoms with Gasteiger partial charge < -0.3 is 10.1 Å². The summed E-state index contributed by atoms with van der Waals surface area (Å²) in [6, 6.07) is 0.197. The first-order valence-electron chi connectivity index (χ1n) is 7.93. The second kappa shape index (κ2) is 9.61. The Balaban J connectivity index is 2.23. The molecule has 2 atom stereocenters. The van der Waals surface area contributed by atoms with E-state index in [1.807, 2.05) is 0 Å². The van der Waals surface area contributed by atoms with E-state index in [4.69, 9.17) is 4.74 Å². The summed E-state index contributed by atoms with van der Waals surface area (Å²) in [6.45, 7) is 3.79. The van der Waals surface area contributed by atoms with Gasteiger partial charge in [0.2, 0.25) is 0 Å². The molecule has 0 bridgehead atoms. The summed E-state index contributed by atoms with van der Waals surface area (Å²) >= 11 is 0. The largest absolute Gasteiger partial charge is 0.389 e. The van der Waals surface area contributed by atoms with E-state index in [0.29, 0.717) is 12.5 Å². The zero-order valence-corrected chi connectivity index (χ0v) is 12.5. The first kappa shape index (κ1) is 17.8. The maximum absolute atomic E-state index is 12.2. The van der Waals surface area contributed by atoms with Crippen LogP contribution in [0.3, 0.4) is 0 Å². The molecule has 0 aromatic heterocycles. The number of hydrogen-bond donors (Lipinski definition) is 1. The van der Waals surface area contributed by atoms with Gasteiger partial charge in [-0.3, -0.25) is 0 Å². The molecule has 0 saturated carbocycles. The Hall–Kier alpha value is -0.290. The van der Waals surface area contributed by atoms with Crippen LogP contribution in [0, 0.1) is 0 Å². The number of halogens is 3. The van der Waals surface area contributed by atoms with E-state index in [-0.39, 0.29) is 12.5 Å². The molecule has 1 aliphatic rings. The fourth-order valence-electron chi connectivity index (χ4n) is 2.67. The monoisotopic (exact) mass is 295 g/mol. The fourth-order valence-corrected chi connectivity index (χ4v) is 2.67. The molecule has 1 rings (SSSR count). The summed E-state index contributed by atoms with van der Waals surface area (Å²) in [4.78, 5) is 0. The van der Waals surface area contributed by atoms with Gasteiger partial charge in [-0.05, 0) is 57.9 Å². The van der Waals surface area contributed by atoms with E-state index in [0.717, 1.165) is 45.3 Å². The van der Waals surface area contributed by atoms with Crippen molar-refractivity contribution >= 4 is 0 Å². The van der Waals surface area contributed by atoms with E-state index in [9.17, 15) is 13.2 Å². The second-order valence-corrected chi connectivity index (χ2v) is 5.72. The van der Waals surface area contributed by atoms with Crippen molar-refractivity contribution in [1.82, 2.24) is 5.32 Å². The molecule has 0 aromatic rings. The van der Waals surface area contributed by atoms with Crippen molar-refractivity contribution in [1.29, 1.82) is 0 Å². The summed E-state index contributed by atoms with van der Waals surface area (Å²) in [5.74, 6) is 0. The molecule has 20 heavy (non-hydrogen) atoms. The molecule has 0 amide bonds. The van der Waals surface area contributed by atoms with Crippen LogP contribution in [-0.4, -0.2) is 31.5 Å². The maximum atomic E-state index is 12.2. The molecule has 1 N–H and O–H groups in total. The molecule has 1 heterocycles. The Morgan fingerprint density at radius 1 is 1.25 bits per heavy atom. The van der Waals surface area contributed by atoms with Crippen LogP contribution < -0.4 is 5.32 Å². The third-order valence-electron chi connectivity index (χ3n) is 3.81. The highest BCUT2D eigenvalue weighted by atomic mass is 19.4. The average molecular weight is 295 g/mol. The van der Waals surface area contributed by atoms with E-state index in [2.05, 4.69) is 12.2 Å². The number of alkyl halides is 3. The molecule has 0 spiro atoms. The Morgan fingerprint density at radius 2 is 2.05 bits per heavy atom. The standard InChI is InChI=1S/C15H28F3NO/c1-2-11-19-13(6-5-10-15(16,17)18)8-9-14-7-3-4-12-20-14/h13-14,19H,2-12H2,1H3. The Morgan fingerprint density at radius 3 is 2.65 bits per heavy atom. The van der Waals surface area contributed by atoms with Crippen LogP contribution in [0.2, 0.25) is 0 Å². The molecule has 2 unspecified atom stereocenters. The van der Waals surface area contributed by atoms with Gasteiger partial charge in [0.25, 0.3) is 0 Å². The Bertz CT molecular complexity index is 240. The van der Waals surface area contributed by atoms with Crippen molar-refractivity contribution in [3.05, 3.63) is 0 Å². The van der Waals surface area contributed by atoms with Gasteiger partial charge in [-0.2, -0.15) is 13.2 Å². The van der Waals surface area contributed by atoms with Crippen molar-refractivity contribution in [3.8, 4) is 0 Å². The molecule has 5 heteroatoms. The number of rotatable bonds is 9. The number of ether oxygens (including phenoxy) is 1. The van der Waals surface area contributed by atoms with Crippen LogP contribution in [-0.2, 0) is 4.74 Å². The SMILES string of the molecule is CCCNC(CCCC(F)(F)F)CCC1CCCCO1. The van der Waals surface area contributed by atoms with Crippen LogP contribution >= 0.6 is 0 Å². The van der Waals surface area contributed by atoms with Crippen molar-refractivity contribution in [2.24, 2.45) is 0 Å². The van der Waals surface area contributed by atoms with Crippen molar-refractivity contribution in [2.45, 2.75) is 83.0 Å². The van der Waals surface area contributed by atoms with E-state index in [1.54, 1.807) is 0 Å². The molecule has 120 valence electrons. The minimum atomic E-state index is -4.03. The third-order valence-corrected chi connectivity index (χ3v) is 3.81. The molecule has 2 nitrogen and oxygen atoms in total. The number of hydrogen-bond acceptors (Lipinski definition) is 2. The minimum Gasteiger partial charge on any atom is -0.378 e. The van der Waals surface area contributed by atoms with Crippen molar-refractivity contribution in [3.63, 3.8) is 0 Å². The summed E-state index contributed by atoms with van der Waals surface area (Å²) in [6.07, 6.45) is 2.79. The maximum Gasteiger partial charge on any atom is 0.389 e. The molecule has 0 aromatic carbocycles. The quantitative estimate of drug-likeness (QED) is 0.679. The van der Waals surface area contributed by atoms with Gasteiger partial charge in [0.05, 0.1) is 6.10 Å². The van der Waals surface area contributed by atoms with Gasteiger partial charge in [-0.15, -0.1) is 0 Å². The van der Waals surface area contributed by atoms with E-state index >= 15 is 0 Å². The van der Waals surface area contributed by atoms with E-state index in [1.165, 1.54) is 6.42 Å².